The highest BCUT2D eigenvalue weighted by molar-refractivity contribution is 9.10. The lowest BCUT2D eigenvalue weighted by Gasteiger charge is -2.06. The van der Waals surface area contributed by atoms with Gasteiger partial charge < -0.3 is 0 Å². The van der Waals surface area contributed by atoms with E-state index < -0.39 is 21.6 Å². The lowest BCUT2D eigenvalue weighted by atomic mass is 10.0. The maximum absolute atomic E-state index is 13.7. The number of nitrogens with one attached hydrogen (secondary N) is 1. The van der Waals surface area contributed by atoms with E-state index in [2.05, 4.69) is 20.7 Å². The maximum atomic E-state index is 13.7. The molecular weight excluding hydrogens is 361 g/mol. The Labute approximate surface area is 130 Å². The Morgan fingerprint density at radius 3 is 2.33 bits per heavy atom. The van der Waals surface area contributed by atoms with Crippen LogP contribution in [0.25, 0.3) is 0 Å². The Bertz CT molecular complexity index is 788. The summed E-state index contributed by atoms with van der Waals surface area (Å²) in [5.41, 5.74) is 0.558. The molecule has 7 heteroatoms. The highest BCUT2D eigenvalue weighted by Crippen LogP contribution is 2.20. The maximum Gasteiger partial charge on any atom is 0.229 e. The summed E-state index contributed by atoms with van der Waals surface area (Å²) in [7, 11) is -3.38. The summed E-state index contributed by atoms with van der Waals surface area (Å²) in [4.78, 5) is 12.2. The van der Waals surface area contributed by atoms with Crippen molar-refractivity contribution in [1.29, 1.82) is 0 Å². The molecule has 0 bridgehead atoms. The molecule has 0 atom stereocenters. The fourth-order valence-electron chi connectivity index (χ4n) is 1.73. The first kappa shape index (κ1) is 15.7. The zero-order valence-electron chi connectivity index (χ0n) is 10.9. The summed E-state index contributed by atoms with van der Waals surface area (Å²) >= 11 is 3.19. The average Bonchev–Trinajstić information content (AvgIpc) is 2.40. The molecular formula is C14H11BrFNO3S. The highest BCUT2D eigenvalue weighted by Gasteiger charge is 2.14. The molecule has 21 heavy (non-hydrogen) atoms. The Morgan fingerprint density at radius 2 is 1.76 bits per heavy atom. The van der Waals surface area contributed by atoms with Crippen LogP contribution in [0, 0.1) is 5.82 Å². The summed E-state index contributed by atoms with van der Waals surface area (Å²) in [6.45, 7) is 0. The normalized spacial score (nSPS) is 11.2. The van der Waals surface area contributed by atoms with Crippen molar-refractivity contribution in [2.75, 3.05) is 11.0 Å². The fourth-order valence-corrected chi connectivity index (χ4v) is 2.66. The van der Waals surface area contributed by atoms with Gasteiger partial charge in [0.25, 0.3) is 0 Å². The summed E-state index contributed by atoms with van der Waals surface area (Å²) in [6, 6.07) is 9.89. The van der Waals surface area contributed by atoms with E-state index in [0.29, 0.717) is 10.2 Å². The van der Waals surface area contributed by atoms with Crippen molar-refractivity contribution in [3.8, 4) is 0 Å². The van der Waals surface area contributed by atoms with Crippen LogP contribution in [0.1, 0.15) is 15.9 Å². The van der Waals surface area contributed by atoms with Crippen molar-refractivity contribution >= 4 is 37.4 Å². The van der Waals surface area contributed by atoms with Crippen LogP contribution in [0.5, 0.6) is 0 Å². The van der Waals surface area contributed by atoms with Crippen LogP contribution in [-0.2, 0) is 10.0 Å². The van der Waals surface area contributed by atoms with Gasteiger partial charge >= 0.3 is 0 Å². The Hall–Kier alpha value is -1.73. The molecule has 2 aromatic rings. The van der Waals surface area contributed by atoms with Crippen LogP contribution >= 0.6 is 15.9 Å². The third-order valence-electron chi connectivity index (χ3n) is 2.62. The van der Waals surface area contributed by atoms with Crippen LogP contribution in [0.15, 0.2) is 46.9 Å². The second kappa shape index (κ2) is 5.95. The zero-order chi connectivity index (χ0) is 15.6. The summed E-state index contributed by atoms with van der Waals surface area (Å²) in [5, 5.41) is 0. The van der Waals surface area contributed by atoms with E-state index in [0.717, 1.165) is 6.26 Å². The van der Waals surface area contributed by atoms with Gasteiger partial charge in [-0.2, -0.15) is 0 Å². The van der Waals surface area contributed by atoms with E-state index in [9.17, 15) is 17.6 Å². The average molecular weight is 372 g/mol. The third kappa shape index (κ3) is 4.12. The van der Waals surface area contributed by atoms with Crippen molar-refractivity contribution in [3.63, 3.8) is 0 Å². The number of halogens is 2. The van der Waals surface area contributed by atoms with Crippen LogP contribution in [0.2, 0.25) is 0 Å². The number of carbonyl (C=O) groups is 1. The molecule has 0 fully saturated rings. The standard InChI is InChI=1S/C14H11BrFNO3S/c1-21(19,20)17-11-5-2-9(3-6-11)14(18)12-8-10(15)4-7-13(12)16/h2-8,17H,1H3. The number of anilines is 1. The van der Waals surface area contributed by atoms with Crippen molar-refractivity contribution < 1.29 is 17.6 Å². The molecule has 4 nitrogen and oxygen atoms in total. The first-order valence-electron chi connectivity index (χ1n) is 5.84. The number of sulfonamides is 1. The number of ketones is 1. The molecule has 0 radical (unpaired) electrons. The predicted octanol–water partition coefficient (Wildman–Crippen LogP) is 3.19. The van der Waals surface area contributed by atoms with E-state index in [1.807, 2.05) is 0 Å². The SMILES string of the molecule is CS(=O)(=O)Nc1ccc(C(=O)c2cc(Br)ccc2F)cc1. The molecule has 0 aliphatic rings. The molecule has 0 saturated carbocycles. The van der Waals surface area contributed by atoms with Gasteiger partial charge in [-0.05, 0) is 42.5 Å². The van der Waals surface area contributed by atoms with Gasteiger partial charge in [-0.15, -0.1) is 0 Å². The van der Waals surface area contributed by atoms with Crippen molar-refractivity contribution in [1.82, 2.24) is 0 Å². The number of benzene rings is 2. The molecule has 0 spiro atoms. The molecule has 1 N–H and O–H groups in total. The number of hydrogen-bond acceptors (Lipinski definition) is 3. The first-order chi connectivity index (χ1) is 9.76. The van der Waals surface area contributed by atoms with E-state index in [4.69, 9.17) is 0 Å². The summed E-state index contributed by atoms with van der Waals surface area (Å²) in [5.74, 6) is -1.08. The summed E-state index contributed by atoms with van der Waals surface area (Å²) in [6.07, 6.45) is 1.03. The fraction of sp³-hybridized carbons (Fsp3) is 0.0714. The van der Waals surface area contributed by atoms with E-state index >= 15 is 0 Å². The van der Waals surface area contributed by atoms with Gasteiger partial charge in [0.2, 0.25) is 10.0 Å². The minimum absolute atomic E-state index is 0.0480. The minimum atomic E-state index is -3.38. The number of hydrogen-bond donors (Lipinski definition) is 1. The molecule has 2 aromatic carbocycles. The lowest BCUT2D eigenvalue weighted by Crippen LogP contribution is -2.10. The molecule has 0 unspecified atom stereocenters. The monoisotopic (exact) mass is 371 g/mol. The largest absolute Gasteiger partial charge is 0.288 e. The molecule has 110 valence electrons. The molecule has 2 rings (SSSR count). The zero-order valence-corrected chi connectivity index (χ0v) is 13.3. The predicted molar refractivity (Wildman–Crippen MR) is 82.4 cm³/mol. The van der Waals surface area contributed by atoms with Crippen LogP contribution in [0.3, 0.4) is 0 Å². The first-order valence-corrected chi connectivity index (χ1v) is 8.52. The van der Waals surface area contributed by atoms with Gasteiger partial charge in [0.15, 0.2) is 5.78 Å². The number of carbonyl (C=O) groups excluding carboxylic acids is 1. The van der Waals surface area contributed by atoms with Crippen molar-refractivity contribution in [3.05, 3.63) is 63.9 Å². The Morgan fingerprint density at radius 1 is 1.14 bits per heavy atom. The minimum Gasteiger partial charge on any atom is -0.288 e. The quantitative estimate of drug-likeness (QED) is 0.839. The van der Waals surface area contributed by atoms with Gasteiger partial charge in [0, 0.05) is 15.7 Å². The molecule has 0 heterocycles. The van der Waals surface area contributed by atoms with Crippen molar-refractivity contribution in [2.24, 2.45) is 0 Å². The Balaban J connectivity index is 2.30. The van der Waals surface area contributed by atoms with E-state index in [-0.39, 0.29) is 11.1 Å². The van der Waals surface area contributed by atoms with Gasteiger partial charge in [0.1, 0.15) is 5.82 Å². The summed E-state index contributed by atoms with van der Waals surface area (Å²) < 4.78 is 38.7. The molecule has 0 amide bonds. The van der Waals surface area contributed by atoms with Crippen LogP contribution < -0.4 is 4.72 Å². The second-order valence-electron chi connectivity index (χ2n) is 4.40. The van der Waals surface area contributed by atoms with E-state index in [1.165, 1.54) is 42.5 Å². The molecule has 0 aliphatic carbocycles. The van der Waals surface area contributed by atoms with Gasteiger partial charge in [-0.1, -0.05) is 15.9 Å². The molecule has 0 saturated heterocycles. The third-order valence-corrected chi connectivity index (χ3v) is 3.72. The van der Waals surface area contributed by atoms with Crippen molar-refractivity contribution in [2.45, 2.75) is 0 Å². The van der Waals surface area contributed by atoms with Crippen LogP contribution in [0.4, 0.5) is 10.1 Å². The molecule has 0 aromatic heterocycles. The second-order valence-corrected chi connectivity index (χ2v) is 7.07. The van der Waals surface area contributed by atoms with Gasteiger partial charge in [-0.3, -0.25) is 9.52 Å². The van der Waals surface area contributed by atoms with Gasteiger partial charge in [-0.25, -0.2) is 12.8 Å². The molecule has 0 aliphatic heterocycles. The van der Waals surface area contributed by atoms with E-state index in [1.54, 1.807) is 0 Å². The number of rotatable bonds is 4. The Kier molecular flexibility index (Phi) is 4.43. The lowest BCUT2D eigenvalue weighted by molar-refractivity contribution is 0.103. The smallest absolute Gasteiger partial charge is 0.229 e. The van der Waals surface area contributed by atoms with Crippen LogP contribution in [-0.4, -0.2) is 20.5 Å². The van der Waals surface area contributed by atoms with Gasteiger partial charge in [0.05, 0.1) is 11.8 Å². The highest BCUT2D eigenvalue weighted by atomic mass is 79.9. The topological polar surface area (TPSA) is 63.2 Å².